The van der Waals surface area contributed by atoms with Crippen LogP contribution in [-0.4, -0.2) is 43.8 Å². The molecule has 1 N–H and O–H groups in total. The summed E-state index contributed by atoms with van der Waals surface area (Å²) in [5.41, 5.74) is 3.38. The lowest BCUT2D eigenvalue weighted by molar-refractivity contribution is -0.141. The third-order valence-electron chi connectivity index (χ3n) is 5.38. The van der Waals surface area contributed by atoms with Gasteiger partial charge in [-0.2, -0.15) is 0 Å². The number of fused-ring (bicyclic) bond motifs is 1. The van der Waals surface area contributed by atoms with E-state index in [1.807, 2.05) is 39.0 Å². The molecule has 0 saturated carbocycles. The first kappa shape index (κ1) is 23.7. The second kappa shape index (κ2) is 10.6. The van der Waals surface area contributed by atoms with Gasteiger partial charge in [0, 0.05) is 6.54 Å². The number of carbonyl (C=O) groups excluding carboxylic acids is 2. The van der Waals surface area contributed by atoms with Crippen LogP contribution in [0.15, 0.2) is 30.3 Å². The number of carbonyl (C=O) groups is 2. The quantitative estimate of drug-likeness (QED) is 0.579. The third kappa shape index (κ3) is 5.27. The number of methoxy groups -OCH3 is 1. The average molecular weight is 461 g/mol. The van der Waals surface area contributed by atoms with Crippen molar-refractivity contribution in [3.63, 3.8) is 0 Å². The van der Waals surface area contributed by atoms with E-state index in [0.29, 0.717) is 48.4 Å². The number of amides is 2. The zero-order valence-corrected chi connectivity index (χ0v) is 19.6. The number of halogens is 1. The van der Waals surface area contributed by atoms with E-state index in [2.05, 4.69) is 5.32 Å². The van der Waals surface area contributed by atoms with Crippen molar-refractivity contribution in [3.8, 4) is 11.5 Å². The van der Waals surface area contributed by atoms with Crippen molar-refractivity contribution in [2.45, 2.75) is 39.7 Å². The fraction of sp³-hybridized carbons (Fsp3) is 0.417. The van der Waals surface area contributed by atoms with Crippen molar-refractivity contribution in [2.75, 3.05) is 32.2 Å². The maximum Gasteiger partial charge on any atom is 0.322 e. The Labute approximate surface area is 193 Å². The molecule has 1 atom stereocenters. The lowest BCUT2D eigenvalue weighted by atomic mass is 9.90. The van der Waals surface area contributed by atoms with Crippen LogP contribution in [0.1, 0.15) is 43.0 Å². The van der Waals surface area contributed by atoms with Gasteiger partial charge in [-0.25, -0.2) is 4.79 Å². The van der Waals surface area contributed by atoms with E-state index in [1.54, 1.807) is 17.0 Å². The first-order valence-electron chi connectivity index (χ1n) is 10.7. The minimum atomic E-state index is -0.509. The first-order chi connectivity index (χ1) is 15.4. The summed E-state index contributed by atoms with van der Waals surface area (Å²) in [4.78, 5) is 27.1. The molecule has 0 saturated heterocycles. The van der Waals surface area contributed by atoms with E-state index >= 15 is 0 Å². The van der Waals surface area contributed by atoms with Gasteiger partial charge in [0.25, 0.3) is 0 Å². The highest BCUT2D eigenvalue weighted by molar-refractivity contribution is 6.33. The molecule has 0 bridgehead atoms. The van der Waals surface area contributed by atoms with E-state index < -0.39 is 12.0 Å². The van der Waals surface area contributed by atoms with Gasteiger partial charge in [-0.3, -0.25) is 4.79 Å². The molecule has 1 aliphatic rings. The zero-order chi connectivity index (χ0) is 23.3. The molecule has 2 aromatic rings. The Kier molecular flexibility index (Phi) is 7.85. The topological polar surface area (TPSA) is 77.1 Å². The summed E-state index contributed by atoms with van der Waals surface area (Å²) < 4.78 is 16.4. The molecule has 0 aromatic heterocycles. The number of aryl methyl sites for hydroxylation is 1. The third-order valence-corrected chi connectivity index (χ3v) is 5.69. The van der Waals surface area contributed by atoms with Gasteiger partial charge in [0.05, 0.1) is 43.5 Å². The van der Waals surface area contributed by atoms with Crippen molar-refractivity contribution in [1.29, 1.82) is 0 Å². The zero-order valence-electron chi connectivity index (χ0n) is 18.9. The highest BCUT2D eigenvalue weighted by Crippen LogP contribution is 2.40. The van der Waals surface area contributed by atoms with E-state index in [0.717, 1.165) is 16.7 Å². The fourth-order valence-corrected chi connectivity index (χ4v) is 4.14. The number of rotatable bonds is 7. The Morgan fingerprint density at radius 1 is 1.12 bits per heavy atom. The van der Waals surface area contributed by atoms with Gasteiger partial charge in [0.2, 0.25) is 0 Å². The monoisotopic (exact) mass is 460 g/mol. The molecule has 0 radical (unpaired) electrons. The van der Waals surface area contributed by atoms with Crippen molar-refractivity contribution < 1.29 is 23.8 Å². The van der Waals surface area contributed by atoms with Crippen molar-refractivity contribution >= 4 is 29.3 Å². The van der Waals surface area contributed by atoms with Crippen molar-refractivity contribution in [2.24, 2.45) is 0 Å². The Balaban J connectivity index is 1.96. The van der Waals surface area contributed by atoms with Crippen LogP contribution in [0.5, 0.6) is 11.5 Å². The lowest BCUT2D eigenvalue weighted by Gasteiger charge is -2.37. The predicted octanol–water partition coefficient (Wildman–Crippen LogP) is 5.14. The smallest absolute Gasteiger partial charge is 0.322 e. The van der Waals surface area contributed by atoms with Gasteiger partial charge >= 0.3 is 12.0 Å². The Morgan fingerprint density at radius 3 is 2.44 bits per heavy atom. The lowest BCUT2D eigenvalue weighted by Crippen LogP contribution is -2.43. The van der Waals surface area contributed by atoms with Crippen LogP contribution in [0.4, 0.5) is 10.5 Å². The summed E-state index contributed by atoms with van der Waals surface area (Å²) in [7, 11) is 1.34. The Morgan fingerprint density at radius 2 is 1.81 bits per heavy atom. The van der Waals surface area contributed by atoms with Gasteiger partial charge < -0.3 is 24.4 Å². The first-order valence-corrected chi connectivity index (χ1v) is 11.1. The molecular formula is C24H29ClN2O5. The molecule has 2 aromatic carbocycles. The van der Waals surface area contributed by atoms with Gasteiger partial charge in [-0.15, -0.1) is 0 Å². The minimum absolute atomic E-state index is 0.0259. The van der Waals surface area contributed by atoms with E-state index in [4.69, 9.17) is 25.8 Å². The number of urea groups is 1. The van der Waals surface area contributed by atoms with Crippen LogP contribution >= 0.6 is 11.6 Å². The van der Waals surface area contributed by atoms with Gasteiger partial charge in [-0.05, 0) is 68.1 Å². The molecule has 8 heteroatoms. The van der Waals surface area contributed by atoms with Gasteiger partial charge in [-0.1, -0.05) is 17.7 Å². The maximum absolute atomic E-state index is 13.2. The van der Waals surface area contributed by atoms with Crippen LogP contribution in [0.2, 0.25) is 5.02 Å². The molecule has 0 spiro atoms. The summed E-state index contributed by atoms with van der Waals surface area (Å²) in [5.74, 6) is 0.849. The molecule has 172 valence electrons. The molecule has 0 aliphatic carbocycles. The molecule has 1 unspecified atom stereocenters. The number of hydrogen-bond donors (Lipinski definition) is 1. The van der Waals surface area contributed by atoms with E-state index in [1.165, 1.54) is 7.11 Å². The maximum atomic E-state index is 13.2. The Hall–Kier alpha value is -2.93. The average Bonchev–Trinajstić information content (AvgIpc) is 2.76. The Bertz CT molecular complexity index is 995. The largest absolute Gasteiger partial charge is 0.490 e. The SMILES string of the molecule is CCOc1cc2c(cc1OCC)C(CC(=O)OC)N(C(=O)Nc1ccc(C)cc1Cl)CC2. The van der Waals surface area contributed by atoms with Crippen LogP contribution in [0, 0.1) is 6.92 Å². The fourth-order valence-electron chi connectivity index (χ4n) is 3.86. The minimum Gasteiger partial charge on any atom is -0.490 e. The number of benzene rings is 2. The molecule has 3 rings (SSSR count). The second-order valence-electron chi connectivity index (χ2n) is 7.52. The molecule has 7 nitrogen and oxygen atoms in total. The van der Waals surface area contributed by atoms with E-state index in [9.17, 15) is 9.59 Å². The summed E-state index contributed by atoms with van der Waals surface area (Å²) in [6, 6.07) is 8.41. The van der Waals surface area contributed by atoms with Crippen LogP contribution in [-0.2, 0) is 16.0 Å². The molecular weight excluding hydrogens is 432 g/mol. The normalized spacial score (nSPS) is 15.0. The van der Waals surface area contributed by atoms with Gasteiger partial charge in [0.1, 0.15) is 0 Å². The van der Waals surface area contributed by atoms with E-state index in [-0.39, 0.29) is 12.5 Å². The molecule has 2 amide bonds. The summed E-state index contributed by atoms with van der Waals surface area (Å²) in [6.07, 6.45) is 0.645. The van der Waals surface area contributed by atoms with Crippen LogP contribution < -0.4 is 14.8 Å². The molecule has 32 heavy (non-hydrogen) atoms. The molecule has 1 heterocycles. The predicted molar refractivity (Wildman–Crippen MR) is 124 cm³/mol. The summed E-state index contributed by atoms with van der Waals surface area (Å²) in [5, 5.41) is 3.34. The van der Waals surface area contributed by atoms with Crippen LogP contribution in [0.25, 0.3) is 0 Å². The number of esters is 1. The highest BCUT2D eigenvalue weighted by atomic mass is 35.5. The summed E-state index contributed by atoms with van der Waals surface area (Å²) in [6.45, 7) is 7.15. The number of ether oxygens (including phenoxy) is 3. The standard InChI is InChI=1S/C24H29ClN2O5/c1-5-31-21-12-16-9-10-27(24(29)26-19-8-7-15(3)11-18(19)25)20(14-23(28)30-4)17(16)13-22(21)32-6-2/h7-8,11-13,20H,5-6,9-10,14H2,1-4H3,(H,26,29). The van der Waals surface area contributed by atoms with Crippen molar-refractivity contribution in [1.82, 2.24) is 4.90 Å². The van der Waals surface area contributed by atoms with Crippen molar-refractivity contribution in [3.05, 3.63) is 52.0 Å². The van der Waals surface area contributed by atoms with Gasteiger partial charge in [0.15, 0.2) is 11.5 Å². The number of nitrogens with one attached hydrogen (secondary N) is 1. The molecule has 0 fully saturated rings. The number of hydrogen-bond acceptors (Lipinski definition) is 5. The second-order valence-corrected chi connectivity index (χ2v) is 7.92. The van der Waals surface area contributed by atoms with Crippen LogP contribution in [0.3, 0.4) is 0 Å². The molecule has 1 aliphatic heterocycles. The highest BCUT2D eigenvalue weighted by Gasteiger charge is 2.34. The number of anilines is 1. The number of nitrogens with zero attached hydrogens (tertiary/aromatic N) is 1. The summed E-state index contributed by atoms with van der Waals surface area (Å²) >= 11 is 6.30.